The van der Waals surface area contributed by atoms with Gasteiger partial charge in [-0.25, -0.2) is 0 Å². The zero-order valence-electron chi connectivity index (χ0n) is 12.2. The minimum Gasteiger partial charge on any atom is -0.481 e. The smallest absolute Gasteiger partial charge is 0.307 e. The first-order valence-corrected chi connectivity index (χ1v) is 8.57. The maximum absolute atomic E-state index is 12.9. The molecule has 1 aromatic rings. The molecular weight excluding hydrogens is 286 g/mol. The zero-order valence-corrected chi connectivity index (χ0v) is 13.0. The van der Waals surface area contributed by atoms with Crippen molar-refractivity contribution in [3.05, 3.63) is 22.4 Å². The number of carbonyl (C=O) groups excluding carboxylic acids is 1. The van der Waals surface area contributed by atoms with E-state index in [1.165, 1.54) is 5.56 Å². The van der Waals surface area contributed by atoms with Crippen LogP contribution >= 0.6 is 11.3 Å². The van der Waals surface area contributed by atoms with Gasteiger partial charge in [-0.3, -0.25) is 9.59 Å². The lowest BCUT2D eigenvalue weighted by atomic mass is 9.94. The van der Waals surface area contributed by atoms with E-state index in [1.807, 2.05) is 17.2 Å². The third-order valence-electron chi connectivity index (χ3n) is 4.90. The molecular formula is C16H21NO3S. The summed E-state index contributed by atoms with van der Waals surface area (Å²) in [5, 5.41) is 13.5. The molecule has 114 valence electrons. The standard InChI is InChI=1S/C16H21NO3S/c1-10-7-12(13(8-10)16(19)20)15(18)17-5-2-3-14(17)11-4-6-21-9-11/h4,6,9-10,12-14H,2-3,5,7-8H2,1H3,(H,19,20). The first-order valence-electron chi connectivity index (χ1n) is 7.63. The molecule has 2 fully saturated rings. The molecule has 5 heteroatoms. The molecule has 0 radical (unpaired) electrons. The molecule has 0 aromatic carbocycles. The summed E-state index contributed by atoms with van der Waals surface area (Å²) in [5.74, 6) is -1.28. The Kier molecular flexibility index (Phi) is 4.02. The number of nitrogens with zero attached hydrogens (tertiary/aromatic N) is 1. The van der Waals surface area contributed by atoms with Crippen LogP contribution in [0.5, 0.6) is 0 Å². The van der Waals surface area contributed by atoms with Crippen molar-refractivity contribution in [2.75, 3.05) is 6.54 Å². The molecule has 4 nitrogen and oxygen atoms in total. The highest BCUT2D eigenvalue weighted by Crippen LogP contribution is 2.41. The molecule has 1 aliphatic carbocycles. The van der Waals surface area contributed by atoms with Gasteiger partial charge in [0, 0.05) is 6.54 Å². The summed E-state index contributed by atoms with van der Waals surface area (Å²) in [7, 11) is 0. The Bertz CT molecular complexity index is 528. The van der Waals surface area contributed by atoms with E-state index in [4.69, 9.17) is 0 Å². The number of rotatable bonds is 3. The summed E-state index contributed by atoms with van der Waals surface area (Å²) in [6, 6.07) is 2.22. The van der Waals surface area contributed by atoms with Crippen LogP contribution in [0.1, 0.15) is 44.2 Å². The molecule has 1 aliphatic heterocycles. The van der Waals surface area contributed by atoms with Crippen LogP contribution in [-0.4, -0.2) is 28.4 Å². The van der Waals surface area contributed by atoms with Gasteiger partial charge in [0.15, 0.2) is 0 Å². The van der Waals surface area contributed by atoms with E-state index in [9.17, 15) is 14.7 Å². The molecule has 1 N–H and O–H groups in total. The quantitative estimate of drug-likeness (QED) is 0.933. The Balaban J connectivity index is 1.79. The van der Waals surface area contributed by atoms with Crippen molar-refractivity contribution in [2.45, 2.75) is 38.6 Å². The summed E-state index contributed by atoms with van der Waals surface area (Å²) in [6.07, 6.45) is 3.33. The van der Waals surface area contributed by atoms with E-state index in [0.717, 1.165) is 19.4 Å². The number of aliphatic carboxylic acids is 1. The number of thiophene rings is 1. The minimum atomic E-state index is -0.816. The topological polar surface area (TPSA) is 57.6 Å². The van der Waals surface area contributed by atoms with Crippen molar-refractivity contribution < 1.29 is 14.7 Å². The van der Waals surface area contributed by atoms with Gasteiger partial charge in [0.25, 0.3) is 0 Å². The third kappa shape index (κ3) is 2.71. The van der Waals surface area contributed by atoms with Crippen LogP contribution in [0, 0.1) is 17.8 Å². The highest BCUT2D eigenvalue weighted by molar-refractivity contribution is 7.07. The largest absolute Gasteiger partial charge is 0.481 e. The lowest BCUT2D eigenvalue weighted by Crippen LogP contribution is -2.38. The lowest BCUT2D eigenvalue weighted by molar-refractivity contribution is -0.149. The highest BCUT2D eigenvalue weighted by Gasteiger charge is 2.44. The summed E-state index contributed by atoms with van der Waals surface area (Å²) in [5.41, 5.74) is 1.20. The average Bonchev–Trinajstić information content (AvgIpc) is 3.17. The molecule has 1 aromatic heterocycles. The van der Waals surface area contributed by atoms with E-state index >= 15 is 0 Å². The summed E-state index contributed by atoms with van der Waals surface area (Å²) >= 11 is 1.65. The average molecular weight is 307 g/mol. The number of likely N-dealkylation sites (tertiary alicyclic amines) is 1. The fourth-order valence-corrected chi connectivity index (χ4v) is 4.60. The van der Waals surface area contributed by atoms with Gasteiger partial charge in [-0.1, -0.05) is 6.92 Å². The summed E-state index contributed by atoms with van der Waals surface area (Å²) in [4.78, 5) is 26.2. The molecule has 0 spiro atoms. The molecule has 3 rings (SSSR count). The van der Waals surface area contributed by atoms with Gasteiger partial charge < -0.3 is 10.0 Å². The normalized spacial score (nSPS) is 32.5. The van der Waals surface area contributed by atoms with E-state index in [2.05, 4.69) is 11.4 Å². The van der Waals surface area contributed by atoms with E-state index < -0.39 is 11.9 Å². The third-order valence-corrected chi connectivity index (χ3v) is 5.60. The van der Waals surface area contributed by atoms with Gasteiger partial charge in [0.1, 0.15) is 0 Å². The molecule has 2 heterocycles. The Morgan fingerprint density at radius 2 is 2.10 bits per heavy atom. The Morgan fingerprint density at radius 3 is 2.76 bits per heavy atom. The second kappa shape index (κ2) is 5.79. The van der Waals surface area contributed by atoms with E-state index in [0.29, 0.717) is 18.8 Å². The number of carboxylic acids is 1. The van der Waals surface area contributed by atoms with Crippen LogP contribution < -0.4 is 0 Å². The van der Waals surface area contributed by atoms with Crippen molar-refractivity contribution >= 4 is 23.2 Å². The molecule has 0 bridgehead atoms. The molecule has 1 amide bonds. The highest BCUT2D eigenvalue weighted by atomic mass is 32.1. The number of hydrogen-bond acceptors (Lipinski definition) is 3. The first kappa shape index (κ1) is 14.6. The molecule has 1 saturated carbocycles. The van der Waals surface area contributed by atoms with Crippen LogP contribution in [0.25, 0.3) is 0 Å². The van der Waals surface area contributed by atoms with Gasteiger partial charge in [0.05, 0.1) is 17.9 Å². The molecule has 2 aliphatic rings. The van der Waals surface area contributed by atoms with Crippen molar-refractivity contribution in [1.29, 1.82) is 0 Å². The van der Waals surface area contributed by atoms with Crippen LogP contribution in [0.2, 0.25) is 0 Å². The Morgan fingerprint density at radius 1 is 1.33 bits per heavy atom. The van der Waals surface area contributed by atoms with Crippen LogP contribution in [0.3, 0.4) is 0 Å². The van der Waals surface area contributed by atoms with Gasteiger partial charge in [0.2, 0.25) is 5.91 Å². The second-order valence-corrected chi connectivity index (χ2v) is 7.15. The van der Waals surface area contributed by atoms with Gasteiger partial charge in [-0.05, 0) is 54.0 Å². The van der Waals surface area contributed by atoms with E-state index in [-0.39, 0.29) is 17.9 Å². The maximum atomic E-state index is 12.9. The molecule has 1 saturated heterocycles. The Hall–Kier alpha value is -1.36. The van der Waals surface area contributed by atoms with Crippen molar-refractivity contribution in [3.8, 4) is 0 Å². The molecule has 21 heavy (non-hydrogen) atoms. The van der Waals surface area contributed by atoms with Gasteiger partial charge in [-0.15, -0.1) is 0 Å². The minimum absolute atomic E-state index is 0.0560. The van der Waals surface area contributed by atoms with Crippen LogP contribution in [0.15, 0.2) is 16.8 Å². The Labute approximate surface area is 128 Å². The van der Waals surface area contributed by atoms with Crippen LogP contribution in [-0.2, 0) is 9.59 Å². The number of carbonyl (C=O) groups is 2. The van der Waals surface area contributed by atoms with Crippen molar-refractivity contribution in [2.24, 2.45) is 17.8 Å². The lowest BCUT2D eigenvalue weighted by Gasteiger charge is -2.28. The van der Waals surface area contributed by atoms with Crippen molar-refractivity contribution in [3.63, 3.8) is 0 Å². The number of hydrogen-bond donors (Lipinski definition) is 1. The SMILES string of the molecule is CC1CC(C(=O)O)C(C(=O)N2CCCC2c2ccsc2)C1. The van der Waals surface area contributed by atoms with Gasteiger partial charge in [-0.2, -0.15) is 11.3 Å². The summed E-state index contributed by atoms with van der Waals surface area (Å²) in [6.45, 7) is 2.81. The monoisotopic (exact) mass is 307 g/mol. The predicted molar refractivity (Wildman–Crippen MR) is 81.0 cm³/mol. The fourth-order valence-electron chi connectivity index (χ4n) is 3.89. The van der Waals surface area contributed by atoms with Crippen LogP contribution in [0.4, 0.5) is 0 Å². The zero-order chi connectivity index (χ0) is 15.0. The summed E-state index contributed by atoms with van der Waals surface area (Å²) < 4.78 is 0. The number of carboxylic acid groups (broad SMARTS) is 1. The maximum Gasteiger partial charge on any atom is 0.307 e. The van der Waals surface area contributed by atoms with Crippen molar-refractivity contribution in [1.82, 2.24) is 4.90 Å². The molecule has 4 atom stereocenters. The molecule has 4 unspecified atom stereocenters. The first-order chi connectivity index (χ1) is 10.1. The predicted octanol–water partition coefficient (Wildman–Crippen LogP) is 3.16. The fraction of sp³-hybridized carbons (Fsp3) is 0.625. The van der Waals surface area contributed by atoms with E-state index in [1.54, 1.807) is 11.3 Å². The van der Waals surface area contributed by atoms with Gasteiger partial charge >= 0.3 is 5.97 Å². The second-order valence-electron chi connectivity index (χ2n) is 6.37. The number of amides is 1.